The molecule has 6 nitrogen and oxygen atoms in total. The van der Waals surface area contributed by atoms with Gasteiger partial charge in [0.25, 0.3) is 0 Å². The third-order valence-electron chi connectivity index (χ3n) is 6.29. The van der Waals surface area contributed by atoms with Crippen molar-refractivity contribution in [3.63, 3.8) is 0 Å². The number of pyridine rings is 2. The lowest BCUT2D eigenvalue weighted by atomic mass is 9.97. The van der Waals surface area contributed by atoms with Crippen molar-refractivity contribution in [3.05, 3.63) is 114 Å². The van der Waals surface area contributed by atoms with Crippen LogP contribution in [0.15, 0.2) is 91.6 Å². The van der Waals surface area contributed by atoms with Gasteiger partial charge in [0.2, 0.25) is 0 Å². The van der Waals surface area contributed by atoms with Gasteiger partial charge in [-0.2, -0.15) is 18.3 Å². The van der Waals surface area contributed by atoms with E-state index in [0.717, 1.165) is 12.1 Å². The lowest BCUT2D eigenvalue weighted by Crippen LogP contribution is -2.08. The minimum Gasteiger partial charge on any atom is -0.266 e. The molecule has 2 aromatic carbocycles. The minimum absolute atomic E-state index is 0.0341. The molecule has 6 rings (SSSR count). The highest BCUT2D eigenvalue weighted by molar-refractivity contribution is 5.72. The fourth-order valence-corrected chi connectivity index (χ4v) is 4.33. The van der Waals surface area contributed by atoms with Crippen LogP contribution in [-0.4, -0.2) is 29.7 Å². The smallest absolute Gasteiger partial charge is 0.266 e. The zero-order valence-electron chi connectivity index (χ0n) is 20.4. The lowest BCUT2D eigenvalue weighted by molar-refractivity contribution is -0.137. The van der Waals surface area contributed by atoms with Crippen LogP contribution in [0.3, 0.4) is 0 Å². The Morgan fingerprint density at radius 3 is 2.30 bits per heavy atom. The van der Waals surface area contributed by atoms with E-state index in [1.54, 1.807) is 35.1 Å². The second kappa shape index (κ2) is 9.92. The van der Waals surface area contributed by atoms with Gasteiger partial charge in [-0.1, -0.05) is 24.3 Å². The van der Waals surface area contributed by atoms with Crippen LogP contribution in [0.4, 0.5) is 22.0 Å². The van der Waals surface area contributed by atoms with Crippen molar-refractivity contribution in [2.75, 3.05) is 0 Å². The largest absolute Gasteiger partial charge is 0.417 e. The maximum Gasteiger partial charge on any atom is 0.417 e. The van der Waals surface area contributed by atoms with E-state index < -0.39 is 23.4 Å². The first-order valence-corrected chi connectivity index (χ1v) is 12.0. The Bertz CT molecular complexity index is 1780. The number of nitrogens with zero attached hydrogens (tertiary/aromatic N) is 6. The van der Waals surface area contributed by atoms with Crippen molar-refractivity contribution in [2.24, 2.45) is 0 Å². The SMILES string of the molecule is Fc1cccc(-c2nc3cnn(Cc4ccc(-c5ccc(-c6ccncc6)cc5C(F)(F)F)nc4)cc-3n2)c1F. The van der Waals surface area contributed by atoms with Crippen molar-refractivity contribution in [2.45, 2.75) is 12.7 Å². The number of hydrogen-bond acceptors (Lipinski definition) is 5. The third kappa shape index (κ3) is 4.89. The number of alkyl halides is 3. The van der Waals surface area contributed by atoms with Crippen molar-refractivity contribution < 1.29 is 22.0 Å². The topological polar surface area (TPSA) is 69.4 Å². The van der Waals surface area contributed by atoms with Gasteiger partial charge in [0.1, 0.15) is 11.4 Å². The Morgan fingerprint density at radius 2 is 1.55 bits per heavy atom. The standard InChI is InChI=1S/C29H17F5N6/c30-23-3-1-2-21(27(23)31)28-38-25-14-37-40(16-26(25)39-28)15-17-4-7-24(36-13-17)20-6-5-19(12-22(20)29(32,33)34)18-8-10-35-11-9-18/h1-14,16H,15H2. The molecule has 0 saturated carbocycles. The van der Waals surface area contributed by atoms with E-state index >= 15 is 0 Å². The molecule has 2 aliphatic heterocycles. The molecular formula is C29H17F5N6. The van der Waals surface area contributed by atoms with Gasteiger partial charge in [-0.05, 0) is 53.1 Å². The van der Waals surface area contributed by atoms with E-state index in [1.165, 1.54) is 49.1 Å². The van der Waals surface area contributed by atoms with Gasteiger partial charge < -0.3 is 0 Å². The molecule has 0 unspecified atom stereocenters. The first-order chi connectivity index (χ1) is 19.3. The molecule has 4 aromatic rings. The third-order valence-corrected chi connectivity index (χ3v) is 6.29. The highest BCUT2D eigenvalue weighted by atomic mass is 19.4. The number of imidazole rings is 1. The number of aromatic nitrogens is 6. The average Bonchev–Trinajstić information content (AvgIpc) is 3.38. The first kappa shape index (κ1) is 25.2. The van der Waals surface area contributed by atoms with Crippen molar-refractivity contribution >= 4 is 0 Å². The number of rotatable bonds is 5. The van der Waals surface area contributed by atoms with Crippen molar-refractivity contribution in [3.8, 4) is 45.2 Å². The van der Waals surface area contributed by atoms with Crippen LogP contribution in [0.2, 0.25) is 0 Å². The summed E-state index contributed by atoms with van der Waals surface area (Å²) in [6.07, 6.45) is 2.99. The Balaban J connectivity index is 1.26. The summed E-state index contributed by atoms with van der Waals surface area (Å²) in [7, 11) is 0. The molecule has 0 amide bonds. The van der Waals surface area contributed by atoms with E-state index in [-0.39, 0.29) is 29.2 Å². The highest BCUT2D eigenvalue weighted by Crippen LogP contribution is 2.39. The predicted octanol–water partition coefficient (Wildman–Crippen LogP) is 6.91. The first-order valence-electron chi connectivity index (χ1n) is 12.0. The van der Waals surface area contributed by atoms with Gasteiger partial charge in [-0.3, -0.25) is 14.6 Å². The van der Waals surface area contributed by atoms with Gasteiger partial charge in [-0.15, -0.1) is 0 Å². The second-order valence-electron chi connectivity index (χ2n) is 8.94. The summed E-state index contributed by atoms with van der Waals surface area (Å²) in [6, 6.07) is 14.4. The normalized spacial score (nSPS) is 11.7. The summed E-state index contributed by atoms with van der Waals surface area (Å²) < 4.78 is 71.3. The molecule has 0 fully saturated rings. The Hall–Kier alpha value is -5.06. The fourth-order valence-electron chi connectivity index (χ4n) is 4.33. The molecular weight excluding hydrogens is 527 g/mol. The van der Waals surface area contributed by atoms with Gasteiger partial charge in [-0.25, -0.2) is 18.7 Å². The van der Waals surface area contributed by atoms with Crippen LogP contribution in [0, 0.1) is 11.6 Å². The summed E-state index contributed by atoms with van der Waals surface area (Å²) >= 11 is 0. The molecule has 40 heavy (non-hydrogen) atoms. The van der Waals surface area contributed by atoms with Gasteiger partial charge >= 0.3 is 6.18 Å². The molecule has 0 spiro atoms. The van der Waals surface area contributed by atoms with E-state index in [0.29, 0.717) is 28.1 Å². The van der Waals surface area contributed by atoms with Crippen LogP contribution in [0.1, 0.15) is 11.1 Å². The van der Waals surface area contributed by atoms with Gasteiger partial charge in [0.05, 0.1) is 35.8 Å². The molecule has 2 aliphatic rings. The Kier molecular flexibility index (Phi) is 6.25. The van der Waals surface area contributed by atoms with Gasteiger partial charge in [0, 0.05) is 24.2 Å². The van der Waals surface area contributed by atoms with E-state index in [4.69, 9.17) is 0 Å². The second-order valence-corrected chi connectivity index (χ2v) is 8.94. The van der Waals surface area contributed by atoms with Crippen LogP contribution >= 0.6 is 0 Å². The average molecular weight is 544 g/mol. The summed E-state index contributed by atoms with van der Waals surface area (Å²) in [5.41, 5.74) is 1.84. The Morgan fingerprint density at radius 1 is 0.750 bits per heavy atom. The summed E-state index contributed by atoms with van der Waals surface area (Å²) in [4.78, 5) is 16.7. The quantitative estimate of drug-likeness (QED) is 0.221. The fraction of sp³-hybridized carbons (Fsp3) is 0.0690. The van der Waals surface area contributed by atoms with Crippen LogP contribution in [-0.2, 0) is 12.7 Å². The summed E-state index contributed by atoms with van der Waals surface area (Å²) in [5.74, 6) is -2.00. The number of benzene rings is 2. The number of halogens is 5. The number of fused-ring (bicyclic) bond motifs is 1. The minimum atomic E-state index is -4.58. The summed E-state index contributed by atoms with van der Waals surface area (Å²) in [5, 5.41) is 4.28. The van der Waals surface area contributed by atoms with Crippen LogP contribution in [0.5, 0.6) is 0 Å². The molecule has 0 radical (unpaired) electrons. The summed E-state index contributed by atoms with van der Waals surface area (Å²) in [6.45, 7) is 0.243. The predicted molar refractivity (Wildman–Crippen MR) is 137 cm³/mol. The van der Waals surface area contributed by atoms with E-state index in [9.17, 15) is 22.0 Å². The van der Waals surface area contributed by atoms with E-state index in [1.807, 2.05) is 0 Å². The monoisotopic (exact) mass is 544 g/mol. The molecule has 4 heterocycles. The van der Waals surface area contributed by atoms with Crippen LogP contribution in [0.25, 0.3) is 45.2 Å². The maximum atomic E-state index is 14.2. The molecule has 11 heteroatoms. The molecule has 2 aromatic heterocycles. The zero-order valence-corrected chi connectivity index (χ0v) is 20.4. The van der Waals surface area contributed by atoms with Crippen molar-refractivity contribution in [1.29, 1.82) is 0 Å². The van der Waals surface area contributed by atoms with Crippen molar-refractivity contribution in [1.82, 2.24) is 29.7 Å². The maximum absolute atomic E-state index is 14.2. The molecule has 0 aliphatic carbocycles. The molecule has 198 valence electrons. The zero-order chi connectivity index (χ0) is 27.9. The number of hydrogen-bond donors (Lipinski definition) is 0. The van der Waals surface area contributed by atoms with E-state index in [2.05, 4.69) is 25.0 Å². The molecule has 0 saturated heterocycles. The highest BCUT2D eigenvalue weighted by Gasteiger charge is 2.34. The van der Waals surface area contributed by atoms with Gasteiger partial charge in [0.15, 0.2) is 17.5 Å². The molecule has 0 N–H and O–H groups in total. The lowest BCUT2D eigenvalue weighted by Gasteiger charge is -2.15. The van der Waals surface area contributed by atoms with Crippen LogP contribution < -0.4 is 0 Å². The Labute approximate surface area is 224 Å². The molecule has 0 atom stereocenters. The molecule has 0 bridgehead atoms.